The van der Waals surface area contributed by atoms with Crippen molar-refractivity contribution in [3.05, 3.63) is 56.5 Å². The zero-order valence-corrected chi connectivity index (χ0v) is 20.5. The maximum atomic E-state index is 13.2. The number of phenols is 2. The molecule has 6 heteroatoms. The first-order chi connectivity index (χ1) is 15.5. The molecule has 0 aliphatic carbocycles. The number of Topliss-reactive ketones (excluding diaryl/α,β-unsaturated/α-hetero) is 1. The van der Waals surface area contributed by atoms with E-state index in [-0.39, 0.29) is 51.4 Å². The fourth-order valence-corrected chi connectivity index (χ4v) is 3.76. The van der Waals surface area contributed by atoms with Gasteiger partial charge in [0.2, 0.25) is 0 Å². The highest BCUT2D eigenvalue weighted by Crippen LogP contribution is 2.44. The van der Waals surface area contributed by atoms with Crippen molar-refractivity contribution in [1.82, 2.24) is 0 Å². The third-order valence-corrected chi connectivity index (χ3v) is 6.06. The molecule has 0 saturated heterocycles. The Morgan fingerprint density at radius 3 is 2.33 bits per heavy atom. The molecule has 1 aromatic heterocycles. The van der Waals surface area contributed by atoms with Crippen molar-refractivity contribution in [2.75, 3.05) is 0 Å². The number of ketones is 1. The Labute approximate surface area is 195 Å². The van der Waals surface area contributed by atoms with Crippen LogP contribution in [0.2, 0.25) is 0 Å². The molecule has 33 heavy (non-hydrogen) atoms. The minimum absolute atomic E-state index is 0.0963. The van der Waals surface area contributed by atoms with Crippen molar-refractivity contribution in [2.45, 2.75) is 79.8 Å². The van der Waals surface area contributed by atoms with Gasteiger partial charge in [-0.05, 0) is 52.9 Å². The summed E-state index contributed by atoms with van der Waals surface area (Å²) >= 11 is 0. The first kappa shape index (κ1) is 26.4. The molecular formula is C27H36O6. The van der Waals surface area contributed by atoms with E-state index >= 15 is 0 Å². The van der Waals surface area contributed by atoms with E-state index in [0.717, 1.165) is 24.5 Å². The molecule has 2 atom stereocenters. The lowest BCUT2D eigenvalue weighted by Crippen LogP contribution is -2.14. The van der Waals surface area contributed by atoms with Crippen molar-refractivity contribution in [2.24, 2.45) is 5.92 Å². The lowest BCUT2D eigenvalue weighted by atomic mass is 9.89. The Morgan fingerprint density at radius 2 is 1.76 bits per heavy atom. The summed E-state index contributed by atoms with van der Waals surface area (Å²) in [6, 6.07) is 1.13. The minimum Gasteiger partial charge on any atom is -0.507 e. The molecule has 0 aliphatic rings. The fourth-order valence-electron chi connectivity index (χ4n) is 3.76. The highest BCUT2D eigenvalue weighted by Gasteiger charge is 2.30. The molecule has 1 aromatic carbocycles. The summed E-state index contributed by atoms with van der Waals surface area (Å²) in [7, 11) is 0. The van der Waals surface area contributed by atoms with Gasteiger partial charge in [-0.1, -0.05) is 44.1 Å². The minimum atomic E-state index is -1.03. The topological polar surface area (TPSA) is 108 Å². The smallest absolute Gasteiger partial charge is 0.336 e. The van der Waals surface area contributed by atoms with Gasteiger partial charge < -0.3 is 19.7 Å². The maximum absolute atomic E-state index is 13.2. The average Bonchev–Trinajstić information content (AvgIpc) is 2.76. The van der Waals surface area contributed by atoms with Crippen LogP contribution in [-0.4, -0.2) is 21.1 Å². The van der Waals surface area contributed by atoms with Gasteiger partial charge in [0.1, 0.15) is 17.1 Å². The van der Waals surface area contributed by atoms with E-state index in [1.165, 1.54) is 5.57 Å². The largest absolute Gasteiger partial charge is 0.507 e. The summed E-state index contributed by atoms with van der Waals surface area (Å²) < 4.78 is 5.33. The molecule has 3 N–H and O–H groups in total. The molecule has 2 unspecified atom stereocenters. The molecule has 180 valence electrons. The van der Waals surface area contributed by atoms with Crippen molar-refractivity contribution in [3.63, 3.8) is 0 Å². The first-order valence-corrected chi connectivity index (χ1v) is 11.6. The standard InChI is InChI=1S/C27H36O6/c1-7-17(6)24(30)23-26(32)18(13-12-16(5)11-9-10-15(3)4)25(31)22-19(20(28)8-2)14-21(29)33-27(22)23/h10,12,14,17,20,28,31-32H,7-9,11,13H2,1-6H3/b16-12+. The lowest BCUT2D eigenvalue weighted by Gasteiger charge is -2.19. The Morgan fingerprint density at radius 1 is 1.09 bits per heavy atom. The number of carbonyl (C=O) groups excluding carboxylic acids is 1. The van der Waals surface area contributed by atoms with Crippen LogP contribution in [0.25, 0.3) is 11.0 Å². The van der Waals surface area contributed by atoms with Crippen LogP contribution in [0.3, 0.4) is 0 Å². The summed E-state index contributed by atoms with van der Waals surface area (Å²) in [5.41, 5.74) is 1.62. The maximum Gasteiger partial charge on any atom is 0.336 e. The van der Waals surface area contributed by atoms with E-state index in [1.807, 2.05) is 33.8 Å². The van der Waals surface area contributed by atoms with Crippen LogP contribution in [-0.2, 0) is 6.42 Å². The number of hydrogen-bond acceptors (Lipinski definition) is 6. The molecule has 0 aliphatic heterocycles. The summed E-state index contributed by atoms with van der Waals surface area (Å²) in [6.45, 7) is 11.4. The van der Waals surface area contributed by atoms with Crippen molar-refractivity contribution >= 4 is 16.8 Å². The predicted octanol–water partition coefficient (Wildman–Crippen LogP) is 6.11. The first-order valence-electron chi connectivity index (χ1n) is 11.6. The molecule has 1 heterocycles. The monoisotopic (exact) mass is 456 g/mol. The molecule has 0 bridgehead atoms. The van der Waals surface area contributed by atoms with E-state index in [1.54, 1.807) is 13.8 Å². The van der Waals surface area contributed by atoms with Gasteiger partial charge in [0.05, 0.1) is 11.5 Å². The second-order valence-electron chi connectivity index (χ2n) is 8.95. The highest BCUT2D eigenvalue weighted by atomic mass is 16.4. The van der Waals surface area contributed by atoms with Crippen molar-refractivity contribution in [3.8, 4) is 11.5 Å². The van der Waals surface area contributed by atoms with Crippen LogP contribution in [0.15, 0.2) is 38.6 Å². The molecule has 6 nitrogen and oxygen atoms in total. The van der Waals surface area contributed by atoms with E-state index in [9.17, 15) is 24.9 Å². The number of rotatable bonds is 10. The third-order valence-electron chi connectivity index (χ3n) is 6.06. The number of benzene rings is 1. The number of aliphatic hydroxyl groups is 1. The van der Waals surface area contributed by atoms with Gasteiger partial charge in [0.25, 0.3) is 0 Å². The van der Waals surface area contributed by atoms with E-state index in [4.69, 9.17) is 4.42 Å². The van der Waals surface area contributed by atoms with Gasteiger partial charge in [-0.25, -0.2) is 4.79 Å². The van der Waals surface area contributed by atoms with Crippen LogP contribution in [0, 0.1) is 5.92 Å². The molecule has 2 aromatic rings. The number of allylic oxidation sites excluding steroid dienone is 4. The van der Waals surface area contributed by atoms with Gasteiger partial charge in [0, 0.05) is 23.1 Å². The zero-order valence-electron chi connectivity index (χ0n) is 20.5. The number of carbonyl (C=O) groups is 1. The summed E-state index contributed by atoms with van der Waals surface area (Å²) in [4.78, 5) is 25.4. The van der Waals surface area contributed by atoms with Gasteiger partial charge >= 0.3 is 5.63 Å². The average molecular weight is 457 g/mol. The Bertz CT molecular complexity index is 1130. The van der Waals surface area contributed by atoms with E-state index < -0.39 is 17.6 Å². The zero-order chi connectivity index (χ0) is 24.9. The van der Waals surface area contributed by atoms with E-state index in [0.29, 0.717) is 12.8 Å². The summed E-state index contributed by atoms with van der Waals surface area (Å²) in [5.74, 6) is -1.48. The Hall–Kier alpha value is -2.86. The van der Waals surface area contributed by atoms with Crippen LogP contribution >= 0.6 is 0 Å². The molecule has 0 fully saturated rings. The molecule has 0 saturated carbocycles. The van der Waals surface area contributed by atoms with Gasteiger partial charge in [0.15, 0.2) is 11.4 Å². The van der Waals surface area contributed by atoms with E-state index in [2.05, 4.69) is 6.08 Å². The second kappa shape index (κ2) is 11.3. The van der Waals surface area contributed by atoms with Crippen LogP contribution in [0.4, 0.5) is 0 Å². The van der Waals surface area contributed by atoms with Crippen LogP contribution in [0.5, 0.6) is 11.5 Å². The third kappa shape index (κ3) is 5.93. The molecule has 2 rings (SSSR count). The van der Waals surface area contributed by atoms with Gasteiger partial charge in [-0.15, -0.1) is 0 Å². The molecule has 0 radical (unpaired) electrons. The van der Waals surface area contributed by atoms with Crippen LogP contribution < -0.4 is 5.63 Å². The molecule has 0 spiro atoms. The van der Waals surface area contributed by atoms with Gasteiger partial charge in [-0.3, -0.25) is 4.79 Å². The SMILES string of the molecule is CCC(C)C(=O)c1c(O)c(C/C=C(\C)CCC=C(C)C)c(O)c2c(C(O)CC)cc(=O)oc12. The molecule has 0 amide bonds. The quantitative estimate of drug-likeness (QED) is 0.226. The Kier molecular flexibility index (Phi) is 9.06. The predicted molar refractivity (Wildman–Crippen MR) is 131 cm³/mol. The number of phenolic OH excluding ortho intramolecular Hbond substituents is 2. The number of aromatic hydroxyl groups is 2. The Balaban J connectivity index is 2.77. The van der Waals surface area contributed by atoms with Crippen molar-refractivity contribution < 1.29 is 24.5 Å². The van der Waals surface area contributed by atoms with Crippen molar-refractivity contribution in [1.29, 1.82) is 0 Å². The lowest BCUT2D eigenvalue weighted by molar-refractivity contribution is 0.0925. The number of aliphatic hydroxyl groups excluding tert-OH is 1. The fraction of sp³-hybridized carbons (Fsp3) is 0.481. The van der Waals surface area contributed by atoms with Gasteiger partial charge in [-0.2, -0.15) is 0 Å². The summed E-state index contributed by atoms with van der Waals surface area (Å²) in [5, 5.41) is 32.8. The second-order valence-corrected chi connectivity index (χ2v) is 8.95. The van der Waals surface area contributed by atoms with Crippen LogP contribution in [0.1, 0.15) is 94.8 Å². The number of hydrogen-bond donors (Lipinski definition) is 3. The highest BCUT2D eigenvalue weighted by molar-refractivity contribution is 6.12. The number of fused-ring (bicyclic) bond motifs is 1. The molecular weight excluding hydrogens is 420 g/mol. The normalized spacial score (nSPS) is 13.7. The summed E-state index contributed by atoms with van der Waals surface area (Å²) in [6.07, 6.45) is 5.75.